The molecule has 0 bridgehead atoms. The normalized spacial score (nSPS) is 19.9. The van der Waals surface area contributed by atoms with Gasteiger partial charge in [-0.3, -0.25) is 4.90 Å². The molecule has 1 aliphatic rings. The molecule has 1 saturated heterocycles. The molecule has 1 aromatic rings. The van der Waals surface area contributed by atoms with E-state index in [-0.39, 0.29) is 18.3 Å². The highest BCUT2D eigenvalue weighted by Crippen LogP contribution is 2.23. The Labute approximate surface area is 142 Å². The van der Waals surface area contributed by atoms with E-state index in [4.69, 9.17) is 4.74 Å². The second-order valence-corrected chi connectivity index (χ2v) is 6.37. The summed E-state index contributed by atoms with van der Waals surface area (Å²) in [6.45, 7) is 0.658. The number of ether oxygens (including phenoxy) is 1. The van der Waals surface area contributed by atoms with E-state index >= 15 is 0 Å². The highest BCUT2D eigenvalue weighted by atomic mass is 127. The summed E-state index contributed by atoms with van der Waals surface area (Å²) in [6, 6.07) is 7.68. The molecule has 2 rings (SSSR count). The SMILES string of the molecule is Cl.FC(F)(F)CN1CCC[C@H](COc2ccc(I)cc2)C1. The van der Waals surface area contributed by atoms with Crippen LogP contribution in [0, 0.1) is 9.49 Å². The number of hydrogen-bond acceptors (Lipinski definition) is 2. The van der Waals surface area contributed by atoms with Gasteiger partial charge in [0.05, 0.1) is 13.2 Å². The lowest BCUT2D eigenvalue weighted by Crippen LogP contribution is -2.42. The van der Waals surface area contributed by atoms with Crippen molar-refractivity contribution in [2.75, 3.05) is 26.2 Å². The standard InChI is InChI=1S/C14H17F3INO.ClH/c15-14(16,17)10-19-7-1-2-11(8-19)9-20-13-5-3-12(18)4-6-13;/h3-6,11H,1-2,7-10H2;1H/t11-;/m0./s1. The maximum Gasteiger partial charge on any atom is 0.401 e. The summed E-state index contributed by atoms with van der Waals surface area (Å²) in [7, 11) is 0. The fourth-order valence-electron chi connectivity index (χ4n) is 2.43. The molecule has 1 fully saturated rings. The monoisotopic (exact) mass is 435 g/mol. The molecule has 0 amide bonds. The molecular formula is C14H18ClF3INO. The minimum atomic E-state index is -4.11. The molecule has 0 saturated carbocycles. The van der Waals surface area contributed by atoms with Crippen molar-refractivity contribution in [2.24, 2.45) is 5.92 Å². The van der Waals surface area contributed by atoms with Crippen molar-refractivity contribution in [3.8, 4) is 5.75 Å². The van der Waals surface area contributed by atoms with Gasteiger partial charge in [0.25, 0.3) is 0 Å². The average Bonchev–Trinajstić information content (AvgIpc) is 2.36. The molecular weight excluding hydrogens is 418 g/mol. The van der Waals surface area contributed by atoms with Crippen molar-refractivity contribution >= 4 is 35.0 Å². The van der Waals surface area contributed by atoms with Gasteiger partial charge in [0.1, 0.15) is 5.75 Å². The van der Waals surface area contributed by atoms with Crippen LogP contribution in [0.25, 0.3) is 0 Å². The van der Waals surface area contributed by atoms with E-state index in [0.717, 1.165) is 22.2 Å². The zero-order valence-electron chi connectivity index (χ0n) is 11.4. The lowest BCUT2D eigenvalue weighted by Gasteiger charge is -2.32. The summed E-state index contributed by atoms with van der Waals surface area (Å²) in [5, 5.41) is 0. The molecule has 0 unspecified atom stereocenters. The minimum absolute atomic E-state index is 0. The fraction of sp³-hybridized carbons (Fsp3) is 0.571. The van der Waals surface area contributed by atoms with Crippen molar-refractivity contribution in [1.29, 1.82) is 0 Å². The van der Waals surface area contributed by atoms with Crippen molar-refractivity contribution in [1.82, 2.24) is 4.90 Å². The van der Waals surface area contributed by atoms with Gasteiger partial charge in [0.2, 0.25) is 0 Å². The van der Waals surface area contributed by atoms with E-state index in [1.54, 1.807) is 0 Å². The fourth-order valence-corrected chi connectivity index (χ4v) is 2.79. The van der Waals surface area contributed by atoms with Gasteiger partial charge >= 0.3 is 6.18 Å². The second-order valence-electron chi connectivity index (χ2n) is 5.12. The Morgan fingerprint density at radius 3 is 2.52 bits per heavy atom. The molecule has 120 valence electrons. The van der Waals surface area contributed by atoms with E-state index in [1.807, 2.05) is 24.3 Å². The number of halogens is 5. The Balaban J connectivity index is 0.00000220. The van der Waals surface area contributed by atoms with Crippen molar-refractivity contribution in [3.05, 3.63) is 27.8 Å². The Morgan fingerprint density at radius 1 is 1.24 bits per heavy atom. The van der Waals surface area contributed by atoms with Crippen LogP contribution in [0.2, 0.25) is 0 Å². The molecule has 0 spiro atoms. The number of rotatable bonds is 4. The van der Waals surface area contributed by atoms with Gasteiger partial charge in [-0.1, -0.05) is 0 Å². The van der Waals surface area contributed by atoms with Crippen LogP contribution in [0.1, 0.15) is 12.8 Å². The van der Waals surface area contributed by atoms with Crippen LogP contribution in [-0.4, -0.2) is 37.3 Å². The van der Waals surface area contributed by atoms with E-state index in [2.05, 4.69) is 22.6 Å². The second kappa shape index (κ2) is 8.43. The van der Waals surface area contributed by atoms with E-state index < -0.39 is 12.7 Å². The molecule has 0 aromatic heterocycles. The highest BCUT2D eigenvalue weighted by molar-refractivity contribution is 14.1. The Morgan fingerprint density at radius 2 is 1.90 bits per heavy atom. The van der Waals surface area contributed by atoms with Gasteiger partial charge in [0.15, 0.2) is 0 Å². The van der Waals surface area contributed by atoms with E-state index in [1.165, 1.54) is 4.90 Å². The van der Waals surface area contributed by atoms with E-state index in [9.17, 15) is 13.2 Å². The molecule has 7 heteroatoms. The van der Waals surface area contributed by atoms with E-state index in [0.29, 0.717) is 19.7 Å². The van der Waals surface area contributed by atoms with Crippen LogP contribution >= 0.6 is 35.0 Å². The predicted molar refractivity (Wildman–Crippen MR) is 87.1 cm³/mol. The third-order valence-electron chi connectivity index (χ3n) is 3.31. The van der Waals surface area contributed by atoms with Gasteiger partial charge in [-0.15, -0.1) is 12.4 Å². The quantitative estimate of drug-likeness (QED) is 0.652. The molecule has 1 aromatic carbocycles. The lowest BCUT2D eigenvalue weighted by atomic mass is 9.99. The number of likely N-dealkylation sites (tertiary alicyclic amines) is 1. The summed E-state index contributed by atoms with van der Waals surface area (Å²) in [6.07, 6.45) is -2.38. The van der Waals surface area contributed by atoms with Gasteiger partial charge in [-0.2, -0.15) is 13.2 Å². The molecule has 0 radical (unpaired) electrons. The zero-order chi connectivity index (χ0) is 14.6. The smallest absolute Gasteiger partial charge is 0.401 e. The topological polar surface area (TPSA) is 12.5 Å². The molecule has 1 heterocycles. The first-order chi connectivity index (χ1) is 9.42. The molecule has 2 nitrogen and oxygen atoms in total. The van der Waals surface area contributed by atoms with Crippen LogP contribution < -0.4 is 4.74 Å². The summed E-state index contributed by atoms with van der Waals surface area (Å²) in [4.78, 5) is 1.48. The summed E-state index contributed by atoms with van der Waals surface area (Å²) in [5.74, 6) is 0.948. The van der Waals surface area contributed by atoms with Gasteiger partial charge in [-0.05, 0) is 66.2 Å². The molecule has 21 heavy (non-hydrogen) atoms. The molecule has 1 aliphatic heterocycles. The van der Waals surface area contributed by atoms with Crippen molar-refractivity contribution < 1.29 is 17.9 Å². The zero-order valence-corrected chi connectivity index (χ0v) is 14.4. The van der Waals surface area contributed by atoms with Crippen LogP contribution in [0.15, 0.2) is 24.3 Å². The van der Waals surface area contributed by atoms with Crippen LogP contribution in [0.3, 0.4) is 0 Å². The Bertz CT molecular complexity index is 427. The molecule has 1 atom stereocenters. The Kier molecular flexibility index (Phi) is 7.56. The molecule has 0 N–H and O–H groups in total. The average molecular weight is 436 g/mol. The third-order valence-corrected chi connectivity index (χ3v) is 4.02. The van der Waals surface area contributed by atoms with Crippen LogP contribution in [0.4, 0.5) is 13.2 Å². The molecule has 0 aliphatic carbocycles. The number of benzene rings is 1. The first-order valence-corrected chi connectivity index (χ1v) is 7.68. The largest absolute Gasteiger partial charge is 0.493 e. The van der Waals surface area contributed by atoms with Gasteiger partial charge < -0.3 is 4.74 Å². The highest BCUT2D eigenvalue weighted by Gasteiger charge is 2.33. The predicted octanol–water partition coefficient (Wildman–Crippen LogP) is 4.37. The summed E-state index contributed by atoms with van der Waals surface area (Å²) < 4.78 is 43.9. The van der Waals surface area contributed by atoms with Gasteiger partial charge in [0, 0.05) is 16.0 Å². The Hall–Kier alpha value is -0.210. The maximum absolute atomic E-state index is 12.4. The number of piperidine rings is 1. The maximum atomic E-state index is 12.4. The minimum Gasteiger partial charge on any atom is -0.493 e. The third kappa shape index (κ3) is 7.06. The first kappa shape index (κ1) is 18.8. The number of alkyl halides is 3. The number of hydrogen-bond donors (Lipinski definition) is 0. The van der Waals surface area contributed by atoms with Crippen molar-refractivity contribution in [2.45, 2.75) is 19.0 Å². The number of nitrogens with zero attached hydrogens (tertiary/aromatic N) is 1. The van der Waals surface area contributed by atoms with Gasteiger partial charge in [-0.25, -0.2) is 0 Å². The first-order valence-electron chi connectivity index (χ1n) is 6.60. The summed E-state index contributed by atoms with van der Waals surface area (Å²) >= 11 is 2.21. The van der Waals surface area contributed by atoms with Crippen LogP contribution in [0.5, 0.6) is 5.75 Å². The van der Waals surface area contributed by atoms with Crippen LogP contribution in [-0.2, 0) is 0 Å². The lowest BCUT2D eigenvalue weighted by molar-refractivity contribution is -0.149. The summed E-state index contributed by atoms with van der Waals surface area (Å²) in [5.41, 5.74) is 0. The van der Waals surface area contributed by atoms with Crippen molar-refractivity contribution in [3.63, 3.8) is 0 Å².